The quantitative estimate of drug-likeness (QED) is 0.886. The third kappa shape index (κ3) is 4.87. The summed E-state index contributed by atoms with van der Waals surface area (Å²) in [6.07, 6.45) is 0. The molecule has 0 spiro atoms. The van der Waals surface area contributed by atoms with Crippen molar-refractivity contribution in [2.24, 2.45) is 0 Å². The van der Waals surface area contributed by atoms with Gasteiger partial charge in [-0.05, 0) is 48.9 Å². The zero-order valence-corrected chi connectivity index (χ0v) is 14.9. The summed E-state index contributed by atoms with van der Waals surface area (Å²) in [5.74, 6) is 0.288. The predicted molar refractivity (Wildman–Crippen MR) is 99.8 cm³/mol. The molecule has 0 bridgehead atoms. The Labute approximate surface area is 152 Å². The van der Waals surface area contributed by atoms with Gasteiger partial charge in [-0.15, -0.1) is 0 Å². The lowest BCUT2D eigenvalue weighted by Gasteiger charge is -2.28. The molecular weight excluding hydrogens is 340 g/mol. The summed E-state index contributed by atoms with van der Waals surface area (Å²) in [7, 11) is 0. The van der Waals surface area contributed by atoms with E-state index in [4.69, 9.17) is 21.1 Å². The number of benzene rings is 2. The molecule has 3 rings (SSSR count). The van der Waals surface area contributed by atoms with Gasteiger partial charge in [0.25, 0.3) is 5.91 Å². The molecule has 1 amide bonds. The highest BCUT2D eigenvalue weighted by atomic mass is 35.5. The number of aryl methyl sites for hydroxylation is 1. The molecule has 1 aliphatic heterocycles. The van der Waals surface area contributed by atoms with Crippen molar-refractivity contribution in [3.8, 4) is 5.75 Å². The number of anilines is 2. The van der Waals surface area contributed by atoms with Crippen molar-refractivity contribution in [1.82, 2.24) is 0 Å². The predicted octanol–water partition coefficient (Wildman–Crippen LogP) is 3.50. The van der Waals surface area contributed by atoms with E-state index in [2.05, 4.69) is 10.2 Å². The first-order chi connectivity index (χ1) is 12.1. The first kappa shape index (κ1) is 17.6. The van der Waals surface area contributed by atoms with Crippen molar-refractivity contribution in [3.05, 3.63) is 53.1 Å². The number of nitrogens with one attached hydrogen (secondary N) is 1. The second-order valence-corrected chi connectivity index (χ2v) is 6.32. The monoisotopic (exact) mass is 360 g/mol. The van der Waals surface area contributed by atoms with E-state index < -0.39 is 0 Å². The van der Waals surface area contributed by atoms with Gasteiger partial charge in [-0.1, -0.05) is 17.7 Å². The van der Waals surface area contributed by atoms with Crippen LogP contribution in [0, 0.1) is 6.92 Å². The topological polar surface area (TPSA) is 50.8 Å². The molecule has 1 aliphatic rings. The van der Waals surface area contributed by atoms with Crippen LogP contribution in [0.4, 0.5) is 11.4 Å². The van der Waals surface area contributed by atoms with Crippen molar-refractivity contribution < 1.29 is 14.3 Å². The van der Waals surface area contributed by atoms with Crippen LogP contribution in [0.5, 0.6) is 5.75 Å². The third-order valence-electron chi connectivity index (χ3n) is 3.97. The van der Waals surface area contributed by atoms with Crippen molar-refractivity contribution in [3.63, 3.8) is 0 Å². The van der Waals surface area contributed by atoms with E-state index in [1.54, 1.807) is 6.07 Å². The summed E-state index contributed by atoms with van der Waals surface area (Å²) < 4.78 is 10.9. The number of carbonyl (C=O) groups excluding carboxylic acids is 1. The van der Waals surface area contributed by atoms with Crippen LogP contribution in [0.25, 0.3) is 0 Å². The lowest BCUT2D eigenvalue weighted by molar-refractivity contribution is -0.118. The number of morpholine rings is 1. The second kappa shape index (κ2) is 8.23. The molecule has 1 saturated heterocycles. The maximum absolute atomic E-state index is 12.1. The van der Waals surface area contributed by atoms with Gasteiger partial charge >= 0.3 is 0 Å². The van der Waals surface area contributed by atoms with Crippen molar-refractivity contribution in [1.29, 1.82) is 0 Å². The highest BCUT2D eigenvalue weighted by Gasteiger charge is 2.11. The molecule has 0 radical (unpaired) electrons. The lowest BCUT2D eigenvalue weighted by Crippen LogP contribution is -2.36. The molecule has 0 aromatic heterocycles. The highest BCUT2D eigenvalue weighted by molar-refractivity contribution is 6.32. The fraction of sp³-hybridized carbons (Fsp3) is 0.316. The SMILES string of the molecule is Cc1ccc(Cl)c(OCC(=O)Nc2ccc(N3CCOCC3)cc2)c1. The number of nitrogens with zero attached hydrogens (tertiary/aromatic N) is 1. The van der Waals surface area contributed by atoms with E-state index >= 15 is 0 Å². The summed E-state index contributed by atoms with van der Waals surface area (Å²) in [5.41, 5.74) is 2.89. The fourth-order valence-corrected chi connectivity index (χ4v) is 2.81. The van der Waals surface area contributed by atoms with E-state index in [0.717, 1.165) is 43.2 Å². The number of halogens is 1. The first-order valence-electron chi connectivity index (χ1n) is 8.23. The molecule has 132 valence electrons. The average molecular weight is 361 g/mol. The van der Waals surface area contributed by atoms with Gasteiger partial charge in [-0.25, -0.2) is 0 Å². The lowest BCUT2D eigenvalue weighted by atomic mass is 10.2. The van der Waals surface area contributed by atoms with E-state index in [0.29, 0.717) is 10.8 Å². The Morgan fingerprint density at radius 1 is 1.20 bits per heavy atom. The standard InChI is InChI=1S/C19H21ClN2O3/c1-14-2-7-17(20)18(12-14)25-13-19(23)21-15-3-5-16(6-4-15)22-8-10-24-11-9-22/h2-7,12H,8-11,13H2,1H3,(H,21,23). The van der Waals surface area contributed by atoms with Crippen LogP contribution in [-0.2, 0) is 9.53 Å². The van der Waals surface area contributed by atoms with E-state index in [1.807, 2.05) is 43.3 Å². The fourth-order valence-electron chi connectivity index (χ4n) is 2.64. The molecule has 5 nitrogen and oxygen atoms in total. The van der Waals surface area contributed by atoms with Gasteiger partial charge in [-0.3, -0.25) is 4.79 Å². The minimum atomic E-state index is -0.225. The minimum absolute atomic E-state index is 0.0889. The number of carbonyl (C=O) groups is 1. The van der Waals surface area contributed by atoms with Crippen LogP contribution in [0.1, 0.15) is 5.56 Å². The van der Waals surface area contributed by atoms with Gasteiger partial charge in [-0.2, -0.15) is 0 Å². The molecule has 2 aromatic rings. The zero-order valence-electron chi connectivity index (χ0n) is 14.1. The van der Waals surface area contributed by atoms with Gasteiger partial charge in [0.05, 0.1) is 18.2 Å². The van der Waals surface area contributed by atoms with Crippen LogP contribution in [0.2, 0.25) is 5.02 Å². The Morgan fingerprint density at radius 2 is 1.92 bits per heavy atom. The Morgan fingerprint density at radius 3 is 2.64 bits per heavy atom. The molecule has 0 aliphatic carbocycles. The van der Waals surface area contributed by atoms with Crippen LogP contribution in [0.15, 0.2) is 42.5 Å². The molecule has 1 heterocycles. The molecule has 1 N–H and O–H groups in total. The first-order valence-corrected chi connectivity index (χ1v) is 8.61. The normalized spacial score (nSPS) is 14.2. The maximum Gasteiger partial charge on any atom is 0.262 e. The molecule has 1 fully saturated rings. The summed E-state index contributed by atoms with van der Waals surface area (Å²) in [5, 5.41) is 3.32. The molecule has 0 saturated carbocycles. The van der Waals surface area contributed by atoms with Crippen LogP contribution >= 0.6 is 11.6 Å². The molecule has 0 atom stereocenters. The summed E-state index contributed by atoms with van der Waals surface area (Å²) in [6.45, 7) is 5.12. The molecule has 25 heavy (non-hydrogen) atoms. The molecule has 6 heteroatoms. The molecular formula is C19H21ClN2O3. The van der Waals surface area contributed by atoms with Gasteiger partial charge in [0.2, 0.25) is 0 Å². The summed E-state index contributed by atoms with van der Waals surface area (Å²) >= 11 is 6.06. The Balaban J connectivity index is 1.53. The van der Waals surface area contributed by atoms with Gasteiger partial charge < -0.3 is 19.7 Å². The van der Waals surface area contributed by atoms with E-state index in [9.17, 15) is 4.79 Å². The largest absolute Gasteiger partial charge is 0.482 e. The van der Waals surface area contributed by atoms with Crippen molar-refractivity contribution >= 4 is 28.9 Å². The minimum Gasteiger partial charge on any atom is -0.482 e. The van der Waals surface area contributed by atoms with Crippen molar-refractivity contribution in [2.45, 2.75) is 6.92 Å². The number of hydrogen-bond acceptors (Lipinski definition) is 4. The van der Waals surface area contributed by atoms with Gasteiger partial charge in [0.15, 0.2) is 6.61 Å². The summed E-state index contributed by atoms with van der Waals surface area (Å²) in [4.78, 5) is 14.3. The summed E-state index contributed by atoms with van der Waals surface area (Å²) in [6, 6.07) is 13.2. The number of rotatable bonds is 5. The van der Waals surface area contributed by atoms with Crippen LogP contribution in [-0.4, -0.2) is 38.8 Å². The Bertz CT molecular complexity index is 728. The molecule has 0 unspecified atom stereocenters. The van der Waals surface area contributed by atoms with Crippen molar-refractivity contribution in [2.75, 3.05) is 43.1 Å². The van der Waals surface area contributed by atoms with Crippen LogP contribution in [0.3, 0.4) is 0 Å². The smallest absolute Gasteiger partial charge is 0.262 e. The van der Waals surface area contributed by atoms with E-state index in [-0.39, 0.29) is 12.5 Å². The Hall–Kier alpha value is -2.24. The van der Waals surface area contributed by atoms with Gasteiger partial charge in [0, 0.05) is 24.5 Å². The van der Waals surface area contributed by atoms with Crippen LogP contribution < -0.4 is 15.0 Å². The number of ether oxygens (including phenoxy) is 2. The molecule has 2 aromatic carbocycles. The van der Waals surface area contributed by atoms with Gasteiger partial charge in [0.1, 0.15) is 5.75 Å². The maximum atomic E-state index is 12.1. The van der Waals surface area contributed by atoms with E-state index in [1.165, 1.54) is 0 Å². The zero-order chi connectivity index (χ0) is 17.6. The third-order valence-corrected chi connectivity index (χ3v) is 4.29. The Kier molecular flexibility index (Phi) is 5.79. The second-order valence-electron chi connectivity index (χ2n) is 5.92. The number of amides is 1. The average Bonchev–Trinajstić information content (AvgIpc) is 2.64. The number of hydrogen-bond donors (Lipinski definition) is 1. The highest BCUT2D eigenvalue weighted by Crippen LogP contribution is 2.25.